The molecule has 2 aromatic rings. The number of hydrogen-bond acceptors (Lipinski definition) is 3. The predicted molar refractivity (Wildman–Crippen MR) is 92.3 cm³/mol. The zero-order valence-electron chi connectivity index (χ0n) is 13.4. The molecular weight excluding hydrogens is 362 g/mol. The smallest absolute Gasteiger partial charge is 0.419 e. The van der Waals surface area contributed by atoms with Crippen LogP contribution in [-0.4, -0.2) is 28.3 Å². The van der Waals surface area contributed by atoms with E-state index >= 15 is 0 Å². The number of carboxylic acids is 1. The van der Waals surface area contributed by atoms with Crippen LogP contribution in [0, 0.1) is 5.41 Å². The monoisotopic (exact) mass is 381 g/mol. The Morgan fingerprint density at radius 3 is 2.52 bits per heavy atom. The lowest BCUT2D eigenvalue weighted by molar-refractivity contribution is 0.0680. The van der Waals surface area contributed by atoms with Crippen LogP contribution >= 0.6 is 15.9 Å². The summed E-state index contributed by atoms with van der Waals surface area (Å²) in [5.74, 6) is -1.16. The Balaban J connectivity index is 2.35. The predicted octanol–water partition coefficient (Wildman–Crippen LogP) is 4.66. The van der Waals surface area contributed by atoms with Crippen LogP contribution in [0.5, 0.6) is 0 Å². The SMILES string of the molecule is CC(C)(C)CCOC(=O)n1c(C(=O)O)cc2cc(CBr)ccc21. The quantitative estimate of drug-likeness (QED) is 0.782. The van der Waals surface area contributed by atoms with Gasteiger partial charge in [-0.25, -0.2) is 14.2 Å². The maximum atomic E-state index is 12.4. The molecule has 0 aliphatic carbocycles. The number of aromatic carboxylic acids is 1. The maximum absolute atomic E-state index is 12.4. The molecule has 0 fully saturated rings. The highest BCUT2D eigenvalue weighted by atomic mass is 79.9. The molecule has 0 saturated heterocycles. The highest BCUT2D eigenvalue weighted by molar-refractivity contribution is 9.08. The molecule has 1 aromatic heterocycles. The van der Waals surface area contributed by atoms with Crippen molar-refractivity contribution in [1.29, 1.82) is 0 Å². The number of halogens is 1. The Morgan fingerprint density at radius 1 is 1.26 bits per heavy atom. The topological polar surface area (TPSA) is 68.5 Å². The van der Waals surface area contributed by atoms with Gasteiger partial charge in [0.05, 0.1) is 12.1 Å². The Labute approximate surface area is 143 Å². The lowest BCUT2D eigenvalue weighted by Gasteiger charge is -2.17. The minimum absolute atomic E-state index is 0.0411. The lowest BCUT2D eigenvalue weighted by Crippen LogP contribution is -2.20. The molecule has 1 aromatic carbocycles. The second kappa shape index (κ2) is 6.74. The Bertz CT molecular complexity index is 743. The largest absolute Gasteiger partial charge is 0.477 e. The molecular formula is C17H20BrNO4. The zero-order chi connectivity index (χ0) is 17.2. The molecule has 0 bridgehead atoms. The average Bonchev–Trinajstić information content (AvgIpc) is 2.84. The summed E-state index contributed by atoms with van der Waals surface area (Å²) in [5.41, 5.74) is 1.49. The minimum Gasteiger partial charge on any atom is -0.477 e. The number of carboxylic acid groups (broad SMARTS) is 1. The first-order valence-electron chi connectivity index (χ1n) is 7.34. The van der Waals surface area contributed by atoms with Gasteiger partial charge in [0.25, 0.3) is 0 Å². The number of carbonyl (C=O) groups excluding carboxylic acids is 1. The van der Waals surface area contributed by atoms with Gasteiger partial charge in [0.15, 0.2) is 0 Å². The van der Waals surface area contributed by atoms with Crippen molar-refractivity contribution in [3.05, 3.63) is 35.5 Å². The van der Waals surface area contributed by atoms with Crippen molar-refractivity contribution in [1.82, 2.24) is 4.57 Å². The van der Waals surface area contributed by atoms with Crippen molar-refractivity contribution in [3.63, 3.8) is 0 Å². The number of carbonyl (C=O) groups is 2. The first-order chi connectivity index (χ1) is 10.7. The Kier molecular flexibility index (Phi) is 5.14. The maximum Gasteiger partial charge on any atom is 0.419 e. The zero-order valence-corrected chi connectivity index (χ0v) is 15.0. The van der Waals surface area contributed by atoms with Gasteiger partial charge in [-0.2, -0.15) is 0 Å². The van der Waals surface area contributed by atoms with Crippen molar-refractivity contribution in [2.24, 2.45) is 5.41 Å². The second-order valence-corrected chi connectivity index (χ2v) is 7.18. The molecule has 0 saturated carbocycles. The number of fused-ring (bicyclic) bond motifs is 1. The number of ether oxygens (including phenoxy) is 1. The summed E-state index contributed by atoms with van der Waals surface area (Å²) in [6.45, 7) is 6.41. The van der Waals surface area contributed by atoms with Crippen LogP contribution in [0.3, 0.4) is 0 Å². The van der Waals surface area contributed by atoms with Crippen molar-refractivity contribution in [2.45, 2.75) is 32.5 Å². The van der Waals surface area contributed by atoms with Crippen LogP contribution in [0.25, 0.3) is 10.9 Å². The summed E-state index contributed by atoms with van der Waals surface area (Å²) in [7, 11) is 0. The Hall–Kier alpha value is -1.82. The molecule has 0 atom stereocenters. The van der Waals surface area contributed by atoms with Gasteiger partial charge in [-0.05, 0) is 35.6 Å². The second-order valence-electron chi connectivity index (χ2n) is 6.62. The molecule has 0 spiro atoms. The lowest BCUT2D eigenvalue weighted by atomic mass is 9.93. The first-order valence-corrected chi connectivity index (χ1v) is 8.46. The van der Waals surface area contributed by atoms with Gasteiger partial charge in [0.1, 0.15) is 5.69 Å². The van der Waals surface area contributed by atoms with Crippen molar-refractivity contribution >= 4 is 38.9 Å². The summed E-state index contributed by atoms with van der Waals surface area (Å²) in [5, 5.41) is 10.7. The first kappa shape index (κ1) is 17.5. The molecule has 1 heterocycles. The van der Waals surface area contributed by atoms with Crippen molar-refractivity contribution < 1.29 is 19.4 Å². The van der Waals surface area contributed by atoms with Crippen molar-refractivity contribution in [2.75, 3.05) is 6.61 Å². The van der Waals surface area contributed by atoms with E-state index in [2.05, 4.69) is 36.7 Å². The third-order valence-electron chi connectivity index (χ3n) is 3.50. The van der Waals surface area contributed by atoms with Gasteiger partial charge in [-0.1, -0.05) is 42.8 Å². The van der Waals surface area contributed by atoms with E-state index in [1.54, 1.807) is 6.07 Å². The molecule has 0 radical (unpaired) electrons. The molecule has 2 rings (SSSR count). The number of benzene rings is 1. The van der Waals surface area contributed by atoms with E-state index in [0.717, 1.165) is 10.1 Å². The molecule has 0 unspecified atom stereocenters. The highest BCUT2D eigenvalue weighted by Crippen LogP contribution is 2.24. The molecule has 5 nitrogen and oxygen atoms in total. The van der Waals surface area contributed by atoms with Crippen LogP contribution in [0.1, 0.15) is 43.2 Å². The van der Waals surface area contributed by atoms with Crippen LogP contribution in [0.15, 0.2) is 24.3 Å². The van der Waals surface area contributed by atoms with E-state index in [4.69, 9.17) is 4.74 Å². The van der Waals surface area contributed by atoms with E-state index in [9.17, 15) is 14.7 Å². The van der Waals surface area contributed by atoms with Gasteiger partial charge in [0.2, 0.25) is 0 Å². The number of hydrogen-bond donors (Lipinski definition) is 1. The summed E-state index contributed by atoms with van der Waals surface area (Å²) < 4.78 is 6.39. The number of alkyl halides is 1. The van der Waals surface area contributed by atoms with Gasteiger partial charge < -0.3 is 9.84 Å². The molecule has 6 heteroatoms. The van der Waals surface area contributed by atoms with Gasteiger partial charge in [-0.3, -0.25) is 0 Å². The van der Waals surface area contributed by atoms with Gasteiger partial charge in [0, 0.05) is 10.7 Å². The molecule has 124 valence electrons. The Morgan fingerprint density at radius 2 is 1.96 bits per heavy atom. The van der Waals surface area contributed by atoms with Crippen LogP contribution in [0.4, 0.5) is 4.79 Å². The highest BCUT2D eigenvalue weighted by Gasteiger charge is 2.21. The van der Waals surface area contributed by atoms with Crippen LogP contribution < -0.4 is 0 Å². The third kappa shape index (κ3) is 4.13. The average molecular weight is 382 g/mol. The summed E-state index contributed by atoms with van der Waals surface area (Å²) in [4.78, 5) is 23.8. The van der Waals surface area contributed by atoms with E-state index < -0.39 is 12.1 Å². The minimum atomic E-state index is -1.16. The van der Waals surface area contributed by atoms with Gasteiger partial charge in [-0.15, -0.1) is 0 Å². The third-order valence-corrected chi connectivity index (χ3v) is 4.15. The van der Waals surface area contributed by atoms with E-state index in [1.165, 1.54) is 6.07 Å². The number of rotatable bonds is 4. The fourth-order valence-electron chi connectivity index (χ4n) is 2.21. The fraction of sp³-hybridized carbons (Fsp3) is 0.412. The van der Waals surface area contributed by atoms with Crippen LogP contribution in [0.2, 0.25) is 0 Å². The summed E-state index contributed by atoms with van der Waals surface area (Å²) in [6, 6.07) is 6.94. The number of aromatic nitrogens is 1. The molecule has 1 N–H and O–H groups in total. The van der Waals surface area contributed by atoms with Crippen molar-refractivity contribution in [3.8, 4) is 0 Å². The normalized spacial score (nSPS) is 11.7. The molecule has 0 aliphatic rings. The fourth-order valence-corrected chi connectivity index (χ4v) is 2.56. The van der Waals surface area contributed by atoms with Crippen LogP contribution in [-0.2, 0) is 10.1 Å². The van der Waals surface area contributed by atoms with Gasteiger partial charge >= 0.3 is 12.1 Å². The van der Waals surface area contributed by atoms with E-state index in [0.29, 0.717) is 22.7 Å². The van der Waals surface area contributed by atoms with E-state index in [1.807, 2.05) is 12.1 Å². The van der Waals surface area contributed by atoms with E-state index in [-0.39, 0.29) is 17.7 Å². The number of nitrogens with zero attached hydrogens (tertiary/aromatic N) is 1. The molecule has 23 heavy (non-hydrogen) atoms. The standard InChI is InChI=1S/C17H20BrNO4/c1-17(2,3)6-7-23-16(22)19-13-5-4-11(10-18)8-12(13)9-14(19)15(20)21/h4-5,8-9H,6-7,10H2,1-3H3,(H,20,21). The summed E-state index contributed by atoms with van der Waals surface area (Å²) in [6.07, 6.45) is 0.0434. The molecule has 0 aliphatic heterocycles. The summed E-state index contributed by atoms with van der Waals surface area (Å²) >= 11 is 3.36. The molecule has 0 amide bonds.